The van der Waals surface area contributed by atoms with Crippen LogP contribution in [0.25, 0.3) is 0 Å². The van der Waals surface area contributed by atoms with E-state index in [1.54, 1.807) is 0 Å². The van der Waals surface area contributed by atoms with Crippen molar-refractivity contribution in [3.8, 4) is 0 Å². The third-order valence-electron chi connectivity index (χ3n) is 3.66. The predicted octanol–water partition coefficient (Wildman–Crippen LogP) is 2.35. The van der Waals surface area contributed by atoms with Gasteiger partial charge in [-0.1, -0.05) is 45.0 Å². The zero-order valence-electron chi connectivity index (χ0n) is 12.1. The molecule has 0 saturated carbocycles. The van der Waals surface area contributed by atoms with E-state index in [1.807, 2.05) is 0 Å². The molecule has 3 nitrogen and oxygen atoms in total. The molecular weight excluding hydrogens is 236 g/mol. The molecule has 1 atom stereocenters. The van der Waals surface area contributed by atoms with Crippen molar-refractivity contribution in [1.29, 1.82) is 0 Å². The van der Waals surface area contributed by atoms with Crippen LogP contribution >= 0.6 is 0 Å². The normalized spacial score (nSPS) is 19.4. The first-order valence-corrected chi connectivity index (χ1v) is 7.07. The van der Waals surface area contributed by atoms with Gasteiger partial charge in [-0.3, -0.25) is 4.79 Å². The lowest BCUT2D eigenvalue weighted by Crippen LogP contribution is -2.39. The molecule has 0 bridgehead atoms. The average molecular weight is 260 g/mol. The number of hydrogen-bond donors (Lipinski definition) is 2. The van der Waals surface area contributed by atoms with Gasteiger partial charge < -0.3 is 10.6 Å². The van der Waals surface area contributed by atoms with Crippen molar-refractivity contribution in [1.82, 2.24) is 10.6 Å². The maximum Gasteiger partial charge on any atom is 0.237 e. The fraction of sp³-hybridized carbons (Fsp3) is 0.562. The van der Waals surface area contributed by atoms with Crippen molar-refractivity contribution >= 4 is 5.91 Å². The third-order valence-corrected chi connectivity index (χ3v) is 3.66. The van der Waals surface area contributed by atoms with Crippen molar-refractivity contribution in [3.05, 3.63) is 35.4 Å². The number of nitrogens with one attached hydrogen (secondary N) is 2. The molecule has 19 heavy (non-hydrogen) atoms. The molecule has 3 heteroatoms. The molecule has 1 fully saturated rings. The van der Waals surface area contributed by atoms with Crippen LogP contribution in [0.2, 0.25) is 0 Å². The van der Waals surface area contributed by atoms with Crippen molar-refractivity contribution in [2.75, 3.05) is 6.54 Å². The highest BCUT2D eigenvalue weighted by Crippen LogP contribution is 2.22. The lowest BCUT2D eigenvalue weighted by Gasteiger charge is -2.19. The topological polar surface area (TPSA) is 41.1 Å². The van der Waals surface area contributed by atoms with Crippen LogP contribution in [0.3, 0.4) is 0 Å². The fourth-order valence-electron chi connectivity index (χ4n) is 2.34. The maximum atomic E-state index is 11.9. The molecule has 1 aromatic rings. The average Bonchev–Trinajstić information content (AvgIpc) is 2.89. The first-order chi connectivity index (χ1) is 8.97. The number of benzene rings is 1. The van der Waals surface area contributed by atoms with Crippen LogP contribution in [-0.2, 0) is 16.8 Å². The van der Waals surface area contributed by atoms with Crippen LogP contribution in [0.15, 0.2) is 24.3 Å². The first-order valence-electron chi connectivity index (χ1n) is 7.07. The molecule has 0 aliphatic carbocycles. The molecule has 2 N–H and O–H groups in total. The van der Waals surface area contributed by atoms with E-state index in [0.717, 1.165) is 24.9 Å². The van der Waals surface area contributed by atoms with Gasteiger partial charge in [0.1, 0.15) is 0 Å². The summed E-state index contributed by atoms with van der Waals surface area (Å²) in [6.45, 7) is 8.18. The maximum absolute atomic E-state index is 11.9. The summed E-state index contributed by atoms with van der Waals surface area (Å²) in [4.78, 5) is 11.9. The van der Waals surface area contributed by atoms with Gasteiger partial charge in [0.15, 0.2) is 0 Å². The Kier molecular flexibility index (Phi) is 4.25. The SMILES string of the molecule is CC(C)(C)c1ccc(CNC(=O)C2CCCN2)cc1. The summed E-state index contributed by atoms with van der Waals surface area (Å²) in [6.07, 6.45) is 2.05. The zero-order valence-corrected chi connectivity index (χ0v) is 12.1. The van der Waals surface area contributed by atoms with Crippen molar-refractivity contribution in [2.24, 2.45) is 0 Å². The van der Waals surface area contributed by atoms with E-state index >= 15 is 0 Å². The number of carbonyl (C=O) groups is 1. The number of carbonyl (C=O) groups excluding carboxylic acids is 1. The Morgan fingerprint density at radius 1 is 1.32 bits per heavy atom. The number of amides is 1. The minimum Gasteiger partial charge on any atom is -0.351 e. The Labute approximate surface area is 115 Å². The van der Waals surface area contributed by atoms with E-state index in [2.05, 4.69) is 55.7 Å². The Balaban J connectivity index is 1.87. The molecule has 1 amide bonds. The van der Waals surface area contributed by atoms with Gasteiger partial charge in [-0.05, 0) is 35.9 Å². The molecule has 2 rings (SSSR count). The Hall–Kier alpha value is -1.35. The highest BCUT2D eigenvalue weighted by atomic mass is 16.2. The molecule has 0 radical (unpaired) electrons. The Bertz CT molecular complexity index is 425. The first kappa shape index (κ1) is 14.1. The monoisotopic (exact) mass is 260 g/mol. The van der Waals surface area contributed by atoms with Crippen LogP contribution in [0.4, 0.5) is 0 Å². The lowest BCUT2D eigenvalue weighted by molar-refractivity contribution is -0.122. The largest absolute Gasteiger partial charge is 0.351 e. The number of rotatable bonds is 3. The molecule has 1 aromatic carbocycles. The summed E-state index contributed by atoms with van der Waals surface area (Å²) in [5, 5.41) is 6.21. The van der Waals surface area contributed by atoms with Gasteiger partial charge in [-0.25, -0.2) is 0 Å². The number of hydrogen-bond acceptors (Lipinski definition) is 2. The standard InChI is InChI=1S/C16H24N2O/c1-16(2,3)13-8-6-12(7-9-13)11-18-15(19)14-5-4-10-17-14/h6-9,14,17H,4-5,10-11H2,1-3H3,(H,18,19). The second-order valence-corrected chi connectivity index (χ2v) is 6.31. The van der Waals surface area contributed by atoms with Gasteiger partial charge in [-0.15, -0.1) is 0 Å². The summed E-state index contributed by atoms with van der Waals surface area (Å²) in [7, 11) is 0. The van der Waals surface area contributed by atoms with Crippen molar-refractivity contribution in [3.63, 3.8) is 0 Å². The smallest absolute Gasteiger partial charge is 0.237 e. The van der Waals surface area contributed by atoms with Crippen LogP contribution in [0.1, 0.15) is 44.7 Å². The molecule has 1 unspecified atom stereocenters. The Morgan fingerprint density at radius 3 is 2.53 bits per heavy atom. The third kappa shape index (κ3) is 3.80. The summed E-state index contributed by atoms with van der Waals surface area (Å²) >= 11 is 0. The fourth-order valence-corrected chi connectivity index (χ4v) is 2.34. The summed E-state index contributed by atoms with van der Waals surface area (Å²) in [6, 6.07) is 8.50. The van der Waals surface area contributed by atoms with E-state index < -0.39 is 0 Å². The van der Waals surface area contributed by atoms with Gasteiger partial charge in [0.05, 0.1) is 6.04 Å². The molecule has 104 valence electrons. The van der Waals surface area contributed by atoms with E-state index in [1.165, 1.54) is 5.56 Å². The van der Waals surface area contributed by atoms with Crippen molar-refractivity contribution < 1.29 is 4.79 Å². The molecule has 1 saturated heterocycles. The highest BCUT2D eigenvalue weighted by molar-refractivity contribution is 5.81. The van der Waals surface area contributed by atoms with Gasteiger partial charge in [-0.2, -0.15) is 0 Å². The minimum absolute atomic E-state index is 0.00819. The van der Waals surface area contributed by atoms with E-state index in [0.29, 0.717) is 6.54 Å². The van der Waals surface area contributed by atoms with Crippen LogP contribution < -0.4 is 10.6 Å². The molecule has 1 heterocycles. The van der Waals surface area contributed by atoms with Gasteiger partial charge >= 0.3 is 0 Å². The summed E-state index contributed by atoms with van der Waals surface area (Å²) < 4.78 is 0. The zero-order chi connectivity index (χ0) is 13.9. The Morgan fingerprint density at radius 2 is 2.00 bits per heavy atom. The van der Waals surface area contributed by atoms with Gasteiger partial charge in [0.2, 0.25) is 5.91 Å². The summed E-state index contributed by atoms with van der Waals surface area (Å²) in [5.41, 5.74) is 2.65. The van der Waals surface area contributed by atoms with Crippen molar-refractivity contribution in [2.45, 2.75) is 51.6 Å². The molecule has 0 spiro atoms. The lowest BCUT2D eigenvalue weighted by atomic mass is 9.87. The van der Waals surface area contributed by atoms with Gasteiger partial charge in [0, 0.05) is 6.54 Å². The van der Waals surface area contributed by atoms with Gasteiger partial charge in [0.25, 0.3) is 0 Å². The molecule has 0 aromatic heterocycles. The van der Waals surface area contributed by atoms with E-state index in [-0.39, 0.29) is 17.4 Å². The van der Waals surface area contributed by atoms with Crippen LogP contribution in [-0.4, -0.2) is 18.5 Å². The molecule has 1 aliphatic heterocycles. The predicted molar refractivity (Wildman–Crippen MR) is 78.0 cm³/mol. The highest BCUT2D eigenvalue weighted by Gasteiger charge is 2.21. The van der Waals surface area contributed by atoms with Crippen LogP contribution in [0, 0.1) is 0 Å². The summed E-state index contributed by atoms with van der Waals surface area (Å²) in [5.74, 6) is 0.123. The van der Waals surface area contributed by atoms with E-state index in [4.69, 9.17) is 0 Å². The molecule has 1 aliphatic rings. The van der Waals surface area contributed by atoms with E-state index in [9.17, 15) is 4.79 Å². The molecular formula is C16H24N2O. The minimum atomic E-state index is 0.00819. The second kappa shape index (κ2) is 5.74. The van der Waals surface area contributed by atoms with Crippen LogP contribution in [0.5, 0.6) is 0 Å². The quantitative estimate of drug-likeness (QED) is 0.876. The second-order valence-electron chi connectivity index (χ2n) is 6.31.